The lowest BCUT2D eigenvalue weighted by molar-refractivity contribution is 0.0697. The molecule has 0 saturated heterocycles. The van der Waals surface area contributed by atoms with Crippen molar-refractivity contribution in [2.45, 2.75) is 0 Å². The summed E-state index contributed by atoms with van der Waals surface area (Å²) in [5.41, 5.74) is 1.60. The van der Waals surface area contributed by atoms with E-state index in [9.17, 15) is 9.18 Å². The van der Waals surface area contributed by atoms with Gasteiger partial charge in [-0.15, -0.1) is 5.10 Å². The second-order valence-corrected chi connectivity index (χ2v) is 4.51. The Kier molecular flexibility index (Phi) is 2.87. The molecule has 0 spiro atoms. The Morgan fingerprint density at radius 1 is 1.25 bits per heavy atom. The van der Waals surface area contributed by atoms with E-state index in [1.165, 1.54) is 35.0 Å². The lowest BCUT2D eigenvalue weighted by atomic mass is 10.2. The summed E-state index contributed by atoms with van der Waals surface area (Å²) in [7, 11) is 0. The summed E-state index contributed by atoms with van der Waals surface area (Å²) in [6.07, 6.45) is 0. The van der Waals surface area contributed by atoms with Crippen LogP contribution in [0.15, 0.2) is 36.4 Å². The number of rotatable bonds is 2. The standard InChI is InChI=1S/C13H7ClFN3O2/c14-9-6-8(15)2-4-11(9)18-12-3-1-7(13(19)20)5-10(12)16-17-18/h1-6H,(H,19,20). The lowest BCUT2D eigenvalue weighted by Gasteiger charge is -2.04. The van der Waals surface area contributed by atoms with Crippen molar-refractivity contribution in [2.75, 3.05) is 0 Å². The number of nitrogens with zero attached hydrogens (tertiary/aromatic N) is 3. The topological polar surface area (TPSA) is 68.0 Å². The van der Waals surface area contributed by atoms with E-state index in [2.05, 4.69) is 10.3 Å². The molecule has 20 heavy (non-hydrogen) atoms. The molecule has 0 bridgehead atoms. The van der Waals surface area contributed by atoms with Gasteiger partial charge < -0.3 is 5.11 Å². The molecular weight excluding hydrogens is 285 g/mol. The fourth-order valence-corrected chi connectivity index (χ4v) is 2.14. The van der Waals surface area contributed by atoms with Crippen LogP contribution in [0.5, 0.6) is 0 Å². The molecule has 3 rings (SSSR count). The maximum atomic E-state index is 13.0. The highest BCUT2D eigenvalue weighted by molar-refractivity contribution is 6.32. The quantitative estimate of drug-likeness (QED) is 0.788. The molecule has 0 saturated carbocycles. The first-order valence-electron chi connectivity index (χ1n) is 5.60. The SMILES string of the molecule is O=C(O)c1ccc2c(c1)nnn2-c1ccc(F)cc1Cl. The molecule has 0 radical (unpaired) electrons. The third kappa shape index (κ3) is 2.00. The zero-order valence-electron chi connectivity index (χ0n) is 9.92. The highest BCUT2D eigenvalue weighted by Crippen LogP contribution is 2.24. The number of benzene rings is 2. The molecule has 0 atom stereocenters. The van der Waals surface area contributed by atoms with Gasteiger partial charge in [-0.05, 0) is 36.4 Å². The molecule has 1 heterocycles. The zero-order chi connectivity index (χ0) is 14.3. The minimum Gasteiger partial charge on any atom is -0.478 e. The number of aromatic nitrogens is 3. The number of fused-ring (bicyclic) bond motifs is 1. The summed E-state index contributed by atoms with van der Waals surface area (Å²) < 4.78 is 14.5. The largest absolute Gasteiger partial charge is 0.478 e. The number of carboxylic acid groups (broad SMARTS) is 1. The van der Waals surface area contributed by atoms with E-state index < -0.39 is 11.8 Å². The normalized spacial score (nSPS) is 10.9. The van der Waals surface area contributed by atoms with Crippen LogP contribution in [0.4, 0.5) is 4.39 Å². The van der Waals surface area contributed by atoms with Gasteiger partial charge in [0.05, 0.1) is 21.8 Å². The Morgan fingerprint density at radius 2 is 2.05 bits per heavy atom. The number of hydrogen-bond donors (Lipinski definition) is 1. The van der Waals surface area contributed by atoms with E-state index >= 15 is 0 Å². The van der Waals surface area contributed by atoms with Crippen molar-refractivity contribution in [3.05, 3.63) is 52.8 Å². The Hall–Kier alpha value is -2.47. The summed E-state index contributed by atoms with van der Waals surface area (Å²) in [5, 5.41) is 16.9. The molecule has 100 valence electrons. The summed E-state index contributed by atoms with van der Waals surface area (Å²) in [5.74, 6) is -1.49. The van der Waals surface area contributed by atoms with Gasteiger partial charge in [0.1, 0.15) is 11.3 Å². The highest BCUT2D eigenvalue weighted by atomic mass is 35.5. The Morgan fingerprint density at radius 3 is 2.75 bits per heavy atom. The minimum atomic E-state index is -1.04. The summed E-state index contributed by atoms with van der Waals surface area (Å²) >= 11 is 5.98. The van der Waals surface area contributed by atoms with Gasteiger partial charge >= 0.3 is 5.97 Å². The fraction of sp³-hybridized carbons (Fsp3) is 0. The summed E-state index contributed by atoms with van der Waals surface area (Å²) in [4.78, 5) is 10.9. The molecule has 0 amide bonds. The number of carbonyl (C=O) groups is 1. The van der Waals surface area contributed by atoms with E-state index in [4.69, 9.17) is 16.7 Å². The molecule has 0 aliphatic carbocycles. The van der Waals surface area contributed by atoms with Gasteiger partial charge in [0.25, 0.3) is 0 Å². The van der Waals surface area contributed by atoms with Crippen LogP contribution in [0.25, 0.3) is 16.7 Å². The third-order valence-corrected chi connectivity index (χ3v) is 3.13. The number of hydrogen-bond acceptors (Lipinski definition) is 3. The molecule has 5 nitrogen and oxygen atoms in total. The predicted octanol–water partition coefficient (Wildman–Crippen LogP) is 2.91. The molecule has 2 aromatic carbocycles. The van der Waals surface area contributed by atoms with Crippen molar-refractivity contribution in [1.82, 2.24) is 15.0 Å². The molecular formula is C13H7ClFN3O2. The third-order valence-electron chi connectivity index (χ3n) is 2.83. The maximum absolute atomic E-state index is 13.0. The van der Waals surface area contributed by atoms with Crippen LogP contribution in [0.1, 0.15) is 10.4 Å². The monoisotopic (exact) mass is 291 g/mol. The van der Waals surface area contributed by atoms with Crippen molar-refractivity contribution in [2.24, 2.45) is 0 Å². The Labute approximate surface area is 117 Å². The minimum absolute atomic E-state index is 0.120. The van der Waals surface area contributed by atoms with Crippen LogP contribution < -0.4 is 0 Å². The van der Waals surface area contributed by atoms with Crippen LogP contribution in [0, 0.1) is 5.82 Å². The van der Waals surface area contributed by atoms with E-state index in [0.717, 1.165) is 0 Å². The van der Waals surface area contributed by atoms with Gasteiger partial charge in [-0.1, -0.05) is 16.8 Å². The summed E-state index contributed by atoms with van der Waals surface area (Å²) in [6, 6.07) is 8.37. The second-order valence-electron chi connectivity index (χ2n) is 4.11. The Bertz CT molecular complexity index is 832. The van der Waals surface area contributed by atoms with E-state index in [1.807, 2.05) is 0 Å². The van der Waals surface area contributed by atoms with Crippen molar-refractivity contribution >= 4 is 28.6 Å². The van der Waals surface area contributed by atoms with Crippen LogP contribution >= 0.6 is 11.6 Å². The first kappa shape index (κ1) is 12.6. The van der Waals surface area contributed by atoms with Gasteiger partial charge in [-0.25, -0.2) is 13.9 Å². The Balaban J connectivity index is 2.20. The van der Waals surface area contributed by atoms with Crippen LogP contribution in [-0.4, -0.2) is 26.1 Å². The molecule has 7 heteroatoms. The van der Waals surface area contributed by atoms with Gasteiger partial charge in [-0.2, -0.15) is 0 Å². The van der Waals surface area contributed by atoms with E-state index in [1.54, 1.807) is 6.07 Å². The first-order valence-corrected chi connectivity index (χ1v) is 5.98. The van der Waals surface area contributed by atoms with Crippen LogP contribution in [0.3, 0.4) is 0 Å². The average Bonchev–Trinajstić information content (AvgIpc) is 2.81. The number of halogens is 2. The average molecular weight is 292 g/mol. The van der Waals surface area contributed by atoms with Crippen LogP contribution in [-0.2, 0) is 0 Å². The smallest absolute Gasteiger partial charge is 0.335 e. The van der Waals surface area contributed by atoms with Gasteiger partial charge in [-0.3, -0.25) is 0 Å². The zero-order valence-corrected chi connectivity index (χ0v) is 10.7. The maximum Gasteiger partial charge on any atom is 0.335 e. The van der Waals surface area contributed by atoms with Crippen LogP contribution in [0.2, 0.25) is 5.02 Å². The molecule has 0 aliphatic heterocycles. The molecule has 3 aromatic rings. The number of aromatic carboxylic acids is 1. The predicted molar refractivity (Wildman–Crippen MR) is 70.8 cm³/mol. The van der Waals surface area contributed by atoms with Gasteiger partial charge in [0.2, 0.25) is 0 Å². The van der Waals surface area contributed by atoms with Crippen molar-refractivity contribution in [1.29, 1.82) is 0 Å². The van der Waals surface area contributed by atoms with Crippen molar-refractivity contribution in [3.8, 4) is 5.69 Å². The molecule has 1 aromatic heterocycles. The van der Waals surface area contributed by atoms with E-state index in [0.29, 0.717) is 16.7 Å². The molecule has 0 fully saturated rings. The van der Waals surface area contributed by atoms with Gasteiger partial charge in [0, 0.05) is 0 Å². The first-order chi connectivity index (χ1) is 9.56. The van der Waals surface area contributed by atoms with E-state index in [-0.39, 0.29) is 10.6 Å². The highest BCUT2D eigenvalue weighted by Gasteiger charge is 2.12. The van der Waals surface area contributed by atoms with Crippen molar-refractivity contribution < 1.29 is 14.3 Å². The second kappa shape index (κ2) is 4.57. The molecule has 1 N–H and O–H groups in total. The lowest BCUT2D eigenvalue weighted by Crippen LogP contribution is -1.99. The van der Waals surface area contributed by atoms with Gasteiger partial charge in [0.15, 0.2) is 0 Å². The fourth-order valence-electron chi connectivity index (χ4n) is 1.89. The van der Waals surface area contributed by atoms with Crippen molar-refractivity contribution in [3.63, 3.8) is 0 Å². The molecule has 0 aliphatic rings. The number of carboxylic acids is 1. The molecule has 0 unspecified atom stereocenters. The summed E-state index contributed by atoms with van der Waals surface area (Å²) in [6.45, 7) is 0.